The molecule has 0 unspecified atom stereocenters. The second-order valence-electron chi connectivity index (χ2n) is 3.80. The molecule has 2 aromatic rings. The van der Waals surface area contributed by atoms with Crippen LogP contribution in [0.3, 0.4) is 0 Å². The summed E-state index contributed by atoms with van der Waals surface area (Å²) >= 11 is 11.6. The molecule has 7 heteroatoms. The molecule has 0 bridgehead atoms. The van der Waals surface area contributed by atoms with Gasteiger partial charge in [-0.05, 0) is 24.6 Å². The van der Waals surface area contributed by atoms with Crippen molar-refractivity contribution in [3.8, 4) is 11.3 Å². The summed E-state index contributed by atoms with van der Waals surface area (Å²) in [7, 11) is 0. The molecule has 0 spiro atoms. The Kier molecular flexibility index (Phi) is 3.96. The zero-order chi connectivity index (χ0) is 14.2. The van der Waals surface area contributed by atoms with Crippen LogP contribution in [-0.2, 0) is 0 Å². The van der Waals surface area contributed by atoms with Crippen LogP contribution in [-0.4, -0.2) is 9.97 Å². The summed E-state index contributed by atoms with van der Waals surface area (Å²) in [6.45, 7) is 1.66. The van der Waals surface area contributed by atoms with Gasteiger partial charge in [0.05, 0.1) is 10.7 Å². The number of alkyl halides is 2. The highest BCUT2D eigenvalue weighted by molar-refractivity contribution is 6.34. The monoisotopic (exact) mass is 306 g/mol. The van der Waals surface area contributed by atoms with Gasteiger partial charge in [0.2, 0.25) is 0 Å². The minimum Gasteiger partial charge on any atom is -0.235 e. The van der Waals surface area contributed by atoms with E-state index in [1.54, 1.807) is 6.92 Å². The van der Waals surface area contributed by atoms with Crippen molar-refractivity contribution in [2.24, 2.45) is 0 Å². The Morgan fingerprint density at radius 1 is 1.16 bits per heavy atom. The van der Waals surface area contributed by atoms with E-state index >= 15 is 0 Å². The van der Waals surface area contributed by atoms with Crippen molar-refractivity contribution in [1.82, 2.24) is 9.97 Å². The Morgan fingerprint density at radius 3 is 2.47 bits per heavy atom. The molecule has 1 heterocycles. The molecule has 0 amide bonds. The maximum atomic E-state index is 13.8. The Balaban J connectivity index is 2.66. The van der Waals surface area contributed by atoms with Crippen LogP contribution in [0.1, 0.15) is 17.7 Å². The molecule has 0 radical (unpaired) electrons. The quantitative estimate of drug-likeness (QED) is 0.793. The van der Waals surface area contributed by atoms with E-state index in [1.165, 1.54) is 6.07 Å². The van der Waals surface area contributed by atoms with Gasteiger partial charge in [-0.25, -0.2) is 23.1 Å². The lowest BCUT2D eigenvalue weighted by molar-refractivity contribution is 0.146. The van der Waals surface area contributed by atoms with Crippen molar-refractivity contribution in [3.63, 3.8) is 0 Å². The summed E-state index contributed by atoms with van der Waals surface area (Å²) in [5, 5.41) is -0.126. The number of hydrogen-bond acceptors (Lipinski definition) is 2. The average Bonchev–Trinajstić information content (AvgIpc) is 2.34. The summed E-state index contributed by atoms with van der Waals surface area (Å²) < 4.78 is 39.2. The molecule has 0 aliphatic carbocycles. The predicted molar refractivity (Wildman–Crippen MR) is 67.1 cm³/mol. The first-order valence-electron chi connectivity index (χ1n) is 5.16. The lowest BCUT2D eigenvalue weighted by Crippen LogP contribution is -1.98. The first kappa shape index (κ1) is 14.1. The third-order valence-corrected chi connectivity index (χ3v) is 3.31. The van der Waals surface area contributed by atoms with E-state index in [0.717, 1.165) is 12.4 Å². The Hall–Kier alpha value is -1.33. The number of nitrogens with zero attached hydrogens (tertiary/aromatic N) is 2. The summed E-state index contributed by atoms with van der Waals surface area (Å²) in [6.07, 6.45) is -1.93. The van der Waals surface area contributed by atoms with Gasteiger partial charge in [-0.2, -0.15) is 0 Å². The molecular weight excluding hydrogens is 300 g/mol. The first-order valence-corrected chi connectivity index (χ1v) is 5.92. The summed E-state index contributed by atoms with van der Waals surface area (Å²) in [5.41, 5.74) is -0.106. The van der Waals surface area contributed by atoms with Gasteiger partial charge in [-0.3, -0.25) is 0 Å². The van der Waals surface area contributed by atoms with Gasteiger partial charge in [-0.1, -0.05) is 23.2 Å². The third kappa shape index (κ3) is 2.67. The summed E-state index contributed by atoms with van der Waals surface area (Å²) in [4.78, 5) is 7.16. The van der Waals surface area contributed by atoms with Gasteiger partial charge < -0.3 is 0 Å². The molecule has 2 rings (SSSR count). The topological polar surface area (TPSA) is 25.8 Å². The lowest BCUT2D eigenvalue weighted by atomic mass is 10.1. The van der Waals surface area contributed by atoms with Crippen LogP contribution in [0, 0.1) is 12.7 Å². The van der Waals surface area contributed by atoms with E-state index in [0.29, 0.717) is 5.56 Å². The van der Waals surface area contributed by atoms with Crippen LogP contribution >= 0.6 is 23.2 Å². The maximum absolute atomic E-state index is 13.8. The lowest BCUT2D eigenvalue weighted by Gasteiger charge is -2.09. The number of halogens is 5. The standard InChI is InChI=1S/C12H7Cl2F3N2/c1-5-2-6(8(15)3-7(5)13)10-9(14)11(12(16)17)19-4-18-10/h2-4,12H,1H3. The van der Waals surface area contributed by atoms with Crippen LogP contribution < -0.4 is 0 Å². The Bertz CT molecular complexity index is 633. The van der Waals surface area contributed by atoms with Crippen molar-refractivity contribution in [1.29, 1.82) is 0 Å². The van der Waals surface area contributed by atoms with Crippen molar-refractivity contribution in [2.45, 2.75) is 13.3 Å². The largest absolute Gasteiger partial charge is 0.281 e. The second-order valence-corrected chi connectivity index (χ2v) is 4.59. The second kappa shape index (κ2) is 5.35. The van der Waals surface area contributed by atoms with Crippen LogP contribution in [0.4, 0.5) is 13.2 Å². The zero-order valence-electron chi connectivity index (χ0n) is 9.59. The highest BCUT2D eigenvalue weighted by Crippen LogP contribution is 2.35. The molecule has 1 aromatic carbocycles. The van der Waals surface area contributed by atoms with Crippen LogP contribution in [0.25, 0.3) is 11.3 Å². The highest BCUT2D eigenvalue weighted by atomic mass is 35.5. The van der Waals surface area contributed by atoms with E-state index in [2.05, 4.69) is 9.97 Å². The number of aromatic nitrogens is 2. The van der Waals surface area contributed by atoms with Gasteiger partial charge in [0.1, 0.15) is 17.8 Å². The third-order valence-electron chi connectivity index (χ3n) is 2.53. The Morgan fingerprint density at radius 2 is 1.84 bits per heavy atom. The molecule has 19 heavy (non-hydrogen) atoms. The predicted octanol–water partition coefficient (Wildman–Crippen LogP) is 4.84. The molecular formula is C12H7Cl2F3N2. The fourth-order valence-electron chi connectivity index (χ4n) is 1.56. The highest BCUT2D eigenvalue weighted by Gasteiger charge is 2.20. The van der Waals surface area contributed by atoms with E-state index < -0.39 is 17.9 Å². The smallest absolute Gasteiger partial charge is 0.235 e. The van der Waals surface area contributed by atoms with Gasteiger partial charge in [0, 0.05) is 10.6 Å². The molecule has 0 saturated heterocycles. The number of rotatable bonds is 2. The minimum absolute atomic E-state index is 0.0104. The van der Waals surface area contributed by atoms with E-state index in [1.807, 2.05) is 0 Å². The van der Waals surface area contributed by atoms with Gasteiger partial charge >= 0.3 is 0 Å². The molecule has 0 aliphatic heterocycles. The SMILES string of the molecule is Cc1cc(-c2ncnc(C(F)F)c2Cl)c(F)cc1Cl. The summed E-state index contributed by atoms with van der Waals surface area (Å²) in [5.74, 6) is -0.684. The summed E-state index contributed by atoms with van der Waals surface area (Å²) in [6, 6.07) is 2.49. The first-order chi connectivity index (χ1) is 8.91. The molecule has 0 atom stereocenters. The normalized spacial score (nSPS) is 11.1. The van der Waals surface area contributed by atoms with Crippen molar-refractivity contribution in [3.05, 3.63) is 45.6 Å². The van der Waals surface area contributed by atoms with Gasteiger partial charge in [-0.15, -0.1) is 0 Å². The zero-order valence-corrected chi connectivity index (χ0v) is 11.1. The fourth-order valence-corrected chi connectivity index (χ4v) is 1.99. The van der Waals surface area contributed by atoms with Gasteiger partial charge in [0.15, 0.2) is 0 Å². The van der Waals surface area contributed by atoms with Crippen molar-refractivity contribution in [2.75, 3.05) is 0 Å². The van der Waals surface area contributed by atoms with E-state index in [4.69, 9.17) is 23.2 Å². The molecule has 0 N–H and O–H groups in total. The molecule has 100 valence electrons. The average molecular weight is 307 g/mol. The van der Waals surface area contributed by atoms with Crippen LogP contribution in [0.2, 0.25) is 10.0 Å². The molecule has 0 aliphatic rings. The van der Waals surface area contributed by atoms with Crippen LogP contribution in [0.15, 0.2) is 18.5 Å². The van der Waals surface area contributed by atoms with Crippen LogP contribution in [0.5, 0.6) is 0 Å². The molecule has 0 saturated carbocycles. The van der Waals surface area contributed by atoms with E-state index in [9.17, 15) is 13.2 Å². The van der Waals surface area contributed by atoms with Gasteiger partial charge in [0.25, 0.3) is 6.43 Å². The number of hydrogen-bond donors (Lipinski definition) is 0. The molecule has 0 fully saturated rings. The minimum atomic E-state index is -2.86. The van der Waals surface area contributed by atoms with Crippen molar-refractivity contribution >= 4 is 23.2 Å². The van der Waals surface area contributed by atoms with Crippen molar-refractivity contribution < 1.29 is 13.2 Å². The Labute approximate surface area is 117 Å². The number of aryl methyl sites for hydroxylation is 1. The fraction of sp³-hybridized carbons (Fsp3) is 0.167. The number of benzene rings is 1. The van der Waals surface area contributed by atoms with E-state index in [-0.39, 0.29) is 21.3 Å². The molecule has 1 aromatic heterocycles. The maximum Gasteiger partial charge on any atom is 0.281 e. The molecule has 2 nitrogen and oxygen atoms in total.